The van der Waals surface area contributed by atoms with E-state index in [4.69, 9.17) is 4.42 Å². The van der Waals surface area contributed by atoms with Crippen LogP contribution in [0.2, 0.25) is 0 Å². The normalized spacial score (nSPS) is 9.80. The number of oxazole rings is 1. The van der Waals surface area contributed by atoms with Crippen molar-refractivity contribution in [3.63, 3.8) is 0 Å². The summed E-state index contributed by atoms with van der Waals surface area (Å²) in [7, 11) is 0. The first-order chi connectivity index (χ1) is 4.74. The van der Waals surface area contributed by atoms with Crippen molar-refractivity contribution in [3.05, 3.63) is 30.0 Å². The number of hydrogen-bond acceptors (Lipinski definition) is 2. The summed E-state index contributed by atoms with van der Waals surface area (Å²) in [6.07, 6.45) is 2.62. The van der Waals surface area contributed by atoms with Crippen LogP contribution in [0.5, 0.6) is 0 Å². The minimum Gasteiger partial charge on any atom is -0.446 e. The highest BCUT2D eigenvalue weighted by Gasteiger charge is 2.02. The van der Waals surface area contributed by atoms with E-state index < -0.39 is 0 Å². The topological polar surface area (TPSA) is 26.0 Å². The molecule has 1 rings (SSSR count). The predicted molar refractivity (Wildman–Crippen MR) is 39.9 cm³/mol. The Morgan fingerprint density at radius 2 is 2.30 bits per heavy atom. The second kappa shape index (κ2) is 2.69. The van der Waals surface area contributed by atoms with E-state index in [1.807, 2.05) is 19.9 Å². The highest BCUT2D eigenvalue weighted by molar-refractivity contribution is 5.10. The van der Waals surface area contributed by atoms with Crippen molar-refractivity contribution in [2.45, 2.75) is 20.3 Å². The molecular weight excluding hydrogens is 126 g/mol. The molecule has 54 valence electrons. The van der Waals surface area contributed by atoms with Crippen molar-refractivity contribution in [1.29, 1.82) is 0 Å². The van der Waals surface area contributed by atoms with Crippen LogP contribution in [0, 0.1) is 13.8 Å². The summed E-state index contributed by atoms with van der Waals surface area (Å²) in [4.78, 5) is 4.16. The Kier molecular flexibility index (Phi) is 1.90. The molecule has 0 radical (unpaired) electrons. The molecule has 0 saturated heterocycles. The van der Waals surface area contributed by atoms with Crippen LogP contribution in [0.25, 0.3) is 0 Å². The minimum atomic E-state index is 0.731. The van der Waals surface area contributed by atoms with Crippen molar-refractivity contribution in [1.82, 2.24) is 4.98 Å². The molecule has 10 heavy (non-hydrogen) atoms. The first kappa shape index (κ1) is 7.06. The van der Waals surface area contributed by atoms with Gasteiger partial charge in [0, 0.05) is 13.3 Å². The summed E-state index contributed by atoms with van der Waals surface area (Å²) < 4.78 is 5.21. The standard InChI is InChI=1S/C8H11NO/c1-4-5-8-6(2)10-7(3)9-8/h4H,1,5H2,2-3H3. The quantitative estimate of drug-likeness (QED) is 0.583. The van der Waals surface area contributed by atoms with Crippen LogP contribution >= 0.6 is 0 Å². The van der Waals surface area contributed by atoms with Crippen LogP contribution in [0.4, 0.5) is 0 Å². The second-order valence-corrected chi connectivity index (χ2v) is 2.23. The average Bonchev–Trinajstić information content (AvgIpc) is 2.13. The predicted octanol–water partition coefficient (Wildman–Crippen LogP) is 2.02. The third-order valence-corrected chi connectivity index (χ3v) is 1.34. The molecule has 1 aromatic rings. The Hall–Kier alpha value is -1.05. The molecule has 0 amide bonds. The molecule has 0 saturated carbocycles. The molecule has 0 N–H and O–H groups in total. The van der Waals surface area contributed by atoms with Gasteiger partial charge >= 0.3 is 0 Å². The monoisotopic (exact) mass is 137 g/mol. The molecule has 2 nitrogen and oxygen atoms in total. The Morgan fingerprint density at radius 1 is 1.60 bits per heavy atom. The molecule has 1 aromatic heterocycles. The first-order valence-electron chi connectivity index (χ1n) is 3.28. The van der Waals surface area contributed by atoms with Crippen molar-refractivity contribution >= 4 is 0 Å². The zero-order chi connectivity index (χ0) is 7.56. The number of hydrogen-bond donors (Lipinski definition) is 0. The first-order valence-corrected chi connectivity index (χ1v) is 3.28. The van der Waals surface area contributed by atoms with Crippen LogP contribution in [-0.2, 0) is 6.42 Å². The summed E-state index contributed by atoms with van der Waals surface area (Å²) in [5.74, 6) is 1.63. The molecule has 0 aliphatic carbocycles. The lowest BCUT2D eigenvalue weighted by Gasteiger charge is -1.85. The molecule has 1 heterocycles. The summed E-state index contributed by atoms with van der Waals surface area (Å²) in [5, 5.41) is 0. The van der Waals surface area contributed by atoms with Crippen molar-refractivity contribution in [2.24, 2.45) is 0 Å². The maximum absolute atomic E-state index is 5.21. The van der Waals surface area contributed by atoms with Gasteiger partial charge in [-0.3, -0.25) is 0 Å². The van der Waals surface area contributed by atoms with Gasteiger partial charge in [0.05, 0.1) is 5.69 Å². The highest BCUT2D eigenvalue weighted by Crippen LogP contribution is 2.08. The van der Waals surface area contributed by atoms with E-state index in [2.05, 4.69) is 11.6 Å². The largest absolute Gasteiger partial charge is 0.446 e. The third-order valence-electron chi connectivity index (χ3n) is 1.34. The second-order valence-electron chi connectivity index (χ2n) is 2.23. The average molecular weight is 137 g/mol. The Morgan fingerprint density at radius 3 is 2.70 bits per heavy atom. The summed E-state index contributed by atoms with van der Waals surface area (Å²) >= 11 is 0. The number of rotatable bonds is 2. The summed E-state index contributed by atoms with van der Waals surface area (Å²) in [6.45, 7) is 7.39. The molecule has 0 unspecified atom stereocenters. The molecule has 0 spiro atoms. The molecule has 0 aliphatic rings. The summed E-state index contributed by atoms with van der Waals surface area (Å²) in [6, 6.07) is 0. The third kappa shape index (κ3) is 1.26. The van der Waals surface area contributed by atoms with Gasteiger partial charge in [-0.1, -0.05) is 6.08 Å². The maximum atomic E-state index is 5.21. The minimum absolute atomic E-state index is 0.731. The van der Waals surface area contributed by atoms with Crippen LogP contribution in [0.1, 0.15) is 17.3 Å². The lowest BCUT2D eigenvalue weighted by molar-refractivity contribution is 0.493. The van der Waals surface area contributed by atoms with Gasteiger partial charge < -0.3 is 4.42 Å². The van der Waals surface area contributed by atoms with E-state index >= 15 is 0 Å². The van der Waals surface area contributed by atoms with Crippen LogP contribution in [0.3, 0.4) is 0 Å². The lowest BCUT2D eigenvalue weighted by Crippen LogP contribution is -1.82. The van der Waals surface area contributed by atoms with Gasteiger partial charge in [0.25, 0.3) is 0 Å². The van der Waals surface area contributed by atoms with Crippen molar-refractivity contribution < 1.29 is 4.42 Å². The zero-order valence-electron chi connectivity index (χ0n) is 6.35. The van der Waals surface area contributed by atoms with Gasteiger partial charge in [-0.15, -0.1) is 6.58 Å². The fourth-order valence-electron chi connectivity index (χ4n) is 0.898. The van der Waals surface area contributed by atoms with E-state index in [0.717, 1.165) is 23.8 Å². The number of aryl methyl sites for hydroxylation is 2. The van der Waals surface area contributed by atoms with E-state index in [9.17, 15) is 0 Å². The number of nitrogens with zero attached hydrogens (tertiary/aromatic N) is 1. The van der Waals surface area contributed by atoms with E-state index in [0.29, 0.717) is 0 Å². The van der Waals surface area contributed by atoms with Gasteiger partial charge in [0.2, 0.25) is 0 Å². The van der Waals surface area contributed by atoms with Crippen molar-refractivity contribution in [2.75, 3.05) is 0 Å². The molecule has 0 aromatic carbocycles. The highest BCUT2D eigenvalue weighted by atomic mass is 16.4. The van der Waals surface area contributed by atoms with E-state index in [1.165, 1.54) is 0 Å². The maximum Gasteiger partial charge on any atom is 0.191 e. The Balaban J connectivity index is 2.91. The summed E-state index contributed by atoms with van der Waals surface area (Å²) in [5.41, 5.74) is 0.993. The Labute approximate surface area is 60.6 Å². The van der Waals surface area contributed by atoms with Crippen LogP contribution < -0.4 is 0 Å². The van der Waals surface area contributed by atoms with E-state index in [1.54, 1.807) is 0 Å². The Bertz CT molecular complexity index is 237. The lowest BCUT2D eigenvalue weighted by atomic mass is 10.3. The van der Waals surface area contributed by atoms with Gasteiger partial charge in [-0.25, -0.2) is 4.98 Å². The van der Waals surface area contributed by atoms with Gasteiger partial charge in [-0.05, 0) is 6.92 Å². The van der Waals surface area contributed by atoms with Crippen LogP contribution in [0.15, 0.2) is 17.1 Å². The smallest absolute Gasteiger partial charge is 0.191 e. The SMILES string of the molecule is C=CCc1nc(C)oc1C. The molecule has 2 heteroatoms. The fraction of sp³-hybridized carbons (Fsp3) is 0.375. The number of aromatic nitrogens is 1. The van der Waals surface area contributed by atoms with Crippen molar-refractivity contribution in [3.8, 4) is 0 Å². The van der Waals surface area contributed by atoms with Gasteiger partial charge in [0.15, 0.2) is 5.89 Å². The molecular formula is C8H11NO. The zero-order valence-corrected chi connectivity index (χ0v) is 6.35. The molecule has 0 bridgehead atoms. The fourth-order valence-corrected chi connectivity index (χ4v) is 0.898. The molecule has 0 fully saturated rings. The molecule has 0 aliphatic heterocycles. The van der Waals surface area contributed by atoms with Crippen LogP contribution in [-0.4, -0.2) is 4.98 Å². The van der Waals surface area contributed by atoms with Gasteiger partial charge in [-0.2, -0.15) is 0 Å². The van der Waals surface area contributed by atoms with E-state index in [-0.39, 0.29) is 0 Å². The van der Waals surface area contributed by atoms with Gasteiger partial charge in [0.1, 0.15) is 5.76 Å². The molecule has 0 atom stereocenters. The number of allylic oxidation sites excluding steroid dienone is 1.